The zero-order valence-electron chi connectivity index (χ0n) is 13.9. The van der Waals surface area contributed by atoms with E-state index in [0.29, 0.717) is 5.69 Å². The third kappa shape index (κ3) is 4.95. The Morgan fingerprint density at radius 1 is 0.958 bits per heavy atom. The molecule has 24 heavy (non-hydrogen) atoms. The Bertz CT molecular complexity index is 735. The molecule has 2 amide bonds. The summed E-state index contributed by atoms with van der Waals surface area (Å²) in [5, 5.41) is 6.30. The van der Waals surface area contributed by atoms with Gasteiger partial charge in [0.25, 0.3) is 0 Å². The van der Waals surface area contributed by atoms with Crippen molar-refractivity contribution in [2.45, 2.75) is 6.92 Å². The minimum Gasteiger partial charge on any atom is -0.378 e. The lowest BCUT2D eigenvalue weighted by atomic mass is 10.2. The predicted octanol–water partition coefficient (Wildman–Crippen LogP) is 2.15. The average Bonchev–Trinajstić information content (AvgIpc) is 2.57. The Balaban J connectivity index is 1.87. The Labute approximate surface area is 141 Å². The van der Waals surface area contributed by atoms with Gasteiger partial charge in [0.2, 0.25) is 0 Å². The molecule has 6 nitrogen and oxygen atoms in total. The topological polar surface area (TPSA) is 73.8 Å². The molecule has 2 aromatic carbocycles. The fourth-order valence-corrected chi connectivity index (χ4v) is 1.90. The highest BCUT2D eigenvalue weighted by Gasteiger charge is 2.12. The first-order chi connectivity index (χ1) is 11.5. The number of anilines is 2. The maximum Gasteiger partial charge on any atom is 0.329 e. The summed E-state index contributed by atoms with van der Waals surface area (Å²) >= 11 is 0. The number of hydrogen-bond acceptors (Lipinski definition) is 4. The highest BCUT2D eigenvalue weighted by molar-refractivity contribution is 6.39. The Morgan fingerprint density at radius 3 is 2.17 bits per heavy atom. The summed E-state index contributed by atoms with van der Waals surface area (Å²) < 4.78 is 0. The monoisotopic (exact) mass is 324 g/mol. The van der Waals surface area contributed by atoms with E-state index in [1.54, 1.807) is 12.1 Å². The lowest BCUT2D eigenvalue weighted by molar-refractivity contribution is -0.136. The van der Waals surface area contributed by atoms with Gasteiger partial charge in [-0.3, -0.25) is 9.59 Å². The summed E-state index contributed by atoms with van der Waals surface area (Å²) in [6, 6.07) is 14.8. The maximum atomic E-state index is 11.8. The molecular formula is C18H20N4O2. The van der Waals surface area contributed by atoms with E-state index in [2.05, 4.69) is 15.8 Å². The SMILES string of the molecule is Cc1ccc(NC(=O)C(=O)N/N=C/c2ccc(N(C)C)cc2)cc1. The maximum absolute atomic E-state index is 11.8. The van der Waals surface area contributed by atoms with Crippen LogP contribution in [-0.2, 0) is 9.59 Å². The first-order valence-corrected chi connectivity index (χ1v) is 7.44. The largest absolute Gasteiger partial charge is 0.378 e. The number of rotatable bonds is 4. The number of carbonyl (C=O) groups is 2. The van der Waals surface area contributed by atoms with Crippen LogP contribution in [0.3, 0.4) is 0 Å². The van der Waals surface area contributed by atoms with Crippen LogP contribution >= 0.6 is 0 Å². The van der Waals surface area contributed by atoms with Crippen LogP contribution < -0.4 is 15.6 Å². The molecule has 0 spiro atoms. The van der Waals surface area contributed by atoms with Gasteiger partial charge in [-0.1, -0.05) is 29.8 Å². The number of amides is 2. The normalized spacial score (nSPS) is 10.5. The molecule has 0 aliphatic heterocycles. The third-order valence-corrected chi connectivity index (χ3v) is 3.30. The summed E-state index contributed by atoms with van der Waals surface area (Å²) in [5.74, 6) is -1.59. The highest BCUT2D eigenvalue weighted by Crippen LogP contribution is 2.11. The van der Waals surface area contributed by atoms with Gasteiger partial charge >= 0.3 is 11.8 Å². The second-order valence-electron chi connectivity index (χ2n) is 5.51. The van der Waals surface area contributed by atoms with E-state index < -0.39 is 11.8 Å². The van der Waals surface area contributed by atoms with Crippen LogP contribution in [0.4, 0.5) is 11.4 Å². The van der Waals surface area contributed by atoms with Crippen molar-refractivity contribution in [3.8, 4) is 0 Å². The van der Waals surface area contributed by atoms with Crippen LogP contribution in [0.2, 0.25) is 0 Å². The van der Waals surface area contributed by atoms with Gasteiger partial charge in [0.15, 0.2) is 0 Å². The van der Waals surface area contributed by atoms with Crippen molar-refractivity contribution in [1.29, 1.82) is 0 Å². The Hall–Kier alpha value is -3.15. The van der Waals surface area contributed by atoms with Gasteiger partial charge in [0, 0.05) is 25.5 Å². The fraction of sp³-hybridized carbons (Fsp3) is 0.167. The van der Waals surface area contributed by atoms with E-state index in [4.69, 9.17) is 0 Å². The number of carbonyl (C=O) groups excluding carboxylic acids is 2. The van der Waals surface area contributed by atoms with Gasteiger partial charge in [0.1, 0.15) is 0 Å². The number of hydrazone groups is 1. The van der Waals surface area contributed by atoms with Crippen LogP contribution in [0.15, 0.2) is 53.6 Å². The van der Waals surface area contributed by atoms with E-state index in [1.165, 1.54) is 6.21 Å². The first kappa shape index (κ1) is 17.2. The Kier molecular flexibility index (Phi) is 5.68. The number of benzene rings is 2. The molecule has 0 radical (unpaired) electrons. The zero-order chi connectivity index (χ0) is 17.5. The van der Waals surface area contributed by atoms with Gasteiger partial charge < -0.3 is 10.2 Å². The van der Waals surface area contributed by atoms with Crippen molar-refractivity contribution in [2.24, 2.45) is 5.10 Å². The molecule has 0 aliphatic rings. The molecule has 0 aliphatic carbocycles. The number of hydrogen-bond donors (Lipinski definition) is 2. The molecule has 2 aromatic rings. The smallest absolute Gasteiger partial charge is 0.329 e. The van der Waals surface area contributed by atoms with Gasteiger partial charge in [0.05, 0.1) is 6.21 Å². The van der Waals surface area contributed by atoms with Gasteiger partial charge in [-0.05, 0) is 36.8 Å². The van der Waals surface area contributed by atoms with E-state index >= 15 is 0 Å². The molecule has 0 heterocycles. The minimum atomic E-state index is -0.822. The van der Waals surface area contributed by atoms with Crippen LogP contribution in [0.1, 0.15) is 11.1 Å². The summed E-state index contributed by atoms with van der Waals surface area (Å²) in [6.07, 6.45) is 1.48. The van der Waals surface area contributed by atoms with E-state index in [1.807, 2.05) is 62.3 Å². The summed E-state index contributed by atoms with van der Waals surface area (Å²) in [4.78, 5) is 25.4. The lowest BCUT2D eigenvalue weighted by Gasteiger charge is -2.11. The first-order valence-electron chi connectivity index (χ1n) is 7.44. The molecule has 0 saturated carbocycles. The summed E-state index contributed by atoms with van der Waals surface area (Å²) in [5.41, 5.74) is 5.72. The van der Waals surface area contributed by atoms with Gasteiger partial charge in [-0.25, -0.2) is 5.43 Å². The molecule has 0 unspecified atom stereocenters. The van der Waals surface area contributed by atoms with E-state index in [0.717, 1.165) is 16.8 Å². The van der Waals surface area contributed by atoms with Crippen molar-refractivity contribution < 1.29 is 9.59 Å². The molecule has 2 N–H and O–H groups in total. The van der Waals surface area contributed by atoms with Crippen LogP contribution in [0, 0.1) is 6.92 Å². The van der Waals surface area contributed by atoms with Crippen molar-refractivity contribution in [3.63, 3.8) is 0 Å². The van der Waals surface area contributed by atoms with Crippen molar-refractivity contribution in [1.82, 2.24) is 5.43 Å². The third-order valence-electron chi connectivity index (χ3n) is 3.30. The second-order valence-corrected chi connectivity index (χ2v) is 5.51. The van der Waals surface area contributed by atoms with Gasteiger partial charge in [-0.15, -0.1) is 0 Å². The molecule has 0 saturated heterocycles. The zero-order valence-corrected chi connectivity index (χ0v) is 13.9. The summed E-state index contributed by atoms with van der Waals surface area (Å²) in [6.45, 7) is 1.94. The van der Waals surface area contributed by atoms with E-state index in [-0.39, 0.29) is 0 Å². The van der Waals surface area contributed by atoms with Crippen molar-refractivity contribution >= 4 is 29.4 Å². The number of nitrogens with zero attached hydrogens (tertiary/aromatic N) is 2. The summed E-state index contributed by atoms with van der Waals surface area (Å²) in [7, 11) is 3.91. The predicted molar refractivity (Wildman–Crippen MR) is 96.3 cm³/mol. The van der Waals surface area contributed by atoms with Crippen LogP contribution in [-0.4, -0.2) is 32.1 Å². The molecule has 0 aromatic heterocycles. The average molecular weight is 324 g/mol. The molecule has 0 bridgehead atoms. The number of nitrogens with one attached hydrogen (secondary N) is 2. The van der Waals surface area contributed by atoms with E-state index in [9.17, 15) is 9.59 Å². The fourth-order valence-electron chi connectivity index (χ4n) is 1.90. The quantitative estimate of drug-likeness (QED) is 0.514. The highest BCUT2D eigenvalue weighted by atomic mass is 16.2. The minimum absolute atomic E-state index is 0.559. The lowest BCUT2D eigenvalue weighted by Crippen LogP contribution is -2.32. The molecular weight excluding hydrogens is 304 g/mol. The second kappa shape index (κ2) is 7.92. The standard InChI is InChI=1S/C18H20N4O2/c1-13-4-8-15(9-5-13)20-17(23)18(24)21-19-12-14-6-10-16(11-7-14)22(2)3/h4-12H,1-3H3,(H,20,23)(H,21,24)/b19-12+. The molecule has 0 fully saturated rings. The van der Waals surface area contributed by atoms with Crippen LogP contribution in [0.25, 0.3) is 0 Å². The van der Waals surface area contributed by atoms with Gasteiger partial charge in [-0.2, -0.15) is 5.10 Å². The molecule has 124 valence electrons. The van der Waals surface area contributed by atoms with Crippen molar-refractivity contribution in [3.05, 3.63) is 59.7 Å². The Morgan fingerprint density at radius 2 is 1.58 bits per heavy atom. The van der Waals surface area contributed by atoms with Crippen molar-refractivity contribution in [2.75, 3.05) is 24.3 Å². The molecule has 6 heteroatoms. The molecule has 0 atom stereocenters. The van der Waals surface area contributed by atoms with Crippen LogP contribution in [0.5, 0.6) is 0 Å². The number of aryl methyl sites for hydroxylation is 1. The molecule has 2 rings (SSSR count).